The summed E-state index contributed by atoms with van der Waals surface area (Å²) in [5, 5.41) is 0.413. The molecule has 0 saturated carbocycles. The molecule has 1 aliphatic heterocycles. The molecule has 2 aromatic carbocycles. The Kier molecular flexibility index (Phi) is 5.81. The molecular weight excluding hydrogens is 386 g/mol. The third-order valence-electron chi connectivity index (χ3n) is 4.22. The topological polar surface area (TPSA) is 97.0 Å². The van der Waals surface area contributed by atoms with Crippen LogP contribution in [-0.2, 0) is 9.59 Å². The second-order valence-electron chi connectivity index (χ2n) is 5.97. The maximum atomic E-state index is 12.8. The Hall–Kier alpha value is -3.10. The third kappa shape index (κ3) is 3.92. The molecule has 1 heterocycles. The number of hydrogen-bond donors (Lipinski definition) is 2. The van der Waals surface area contributed by atoms with E-state index in [1.54, 1.807) is 36.4 Å². The molecule has 1 atom stereocenters. The number of halogens is 1. The normalized spacial score (nSPS) is 16.2. The molecule has 1 aliphatic rings. The van der Waals surface area contributed by atoms with E-state index in [1.165, 1.54) is 20.3 Å². The van der Waals surface area contributed by atoms with Gasteiger partial charge in [0, 0.05) is 16.7 Å². The molecule has 3 rings (SSSR count). The van der Waals surface area contributed by atoms with Gasteiger partial charge in [-0.3, -0.25) is 19.8 Å². The highest BCUT2D eigenvalue weighted by Gasteiger charge is 2.41. The van der Waals surface area contributed by atoms with Crippen molar-refractivity contribution in [3.63, 3.8) is 0 Å². The fraction of sp³-hybridized carbons (Fsp3) is 0.211. The summed E-state index contributed by atoms with van der Waals surface area (Å²) >= 11 is 5.87. The van der Waals surface area contributed by atoms with Gasteiger partial charge in [0.2, 0.25) is 5.91 Å². The first-order valence-corrected chi connectivity index (χ1v) is 8.72. The number of anilines is 1. The van der Waals surface area contributed by atoms with Crippen LogP contribution in [0.4, 0.5) is 5.69 Å². The van der Waals surface area contributed by atoms with E-state index in [-0.39, 0.29) is 12.1 Å². The minimum atomic E-state index is -0.911. The minimum absolute atomic E-state index is 0.116. The number of nitrogens with zero attached hydrogens (tertiary/aromatic N) is 1. The van der Waals surface area contributed by atoms with E-state index in [9.17, 15) is 14.4 Å². The standard InChI is InChI=1S/C19H18ClN3O5/c1-27-13-6-7-16(28-2)15(9-13)23-17(24)10-14(19(23)26)21-22-18(25)11-4-3-5-12(20)8-11/h3-9,14,21H,10H2,1-2H3,(H,22,25)/t14-/m1/s1. The molecule has 8 nitrogen and oxygen atoms in total. The molecule has 0 spiro atoms. The van der Waals surface area contributed by atoms with Crippen molar-refractivity contribution < 1.29 is 23.9 Å². The van der Waals surface area contributed by atoms with Crippen molar-refractivity contribution in [2.24, 2.45) is 0 Å². The summed E-state index contributed by atoms with van der Waals surface area (Å²) in [6.07, 6.45) is -0.116. The van der Waals surface area contributed by atoms with Crippen molar-refractivity contribution in [2.45, 2.75) is 12.5 Å². The van der Waals surface area contributed by atoms with Crippen molar-refractivity contribution in [3.8, 4) is 11.5 Å². The van der Waals surface area contributed by atoms with Gasteiger partial charge >= 0.3 is 0 Å². The number of hydrogen-bond acceptors (Lipinski definition) is 6. The number of rotatable bonds is 6. The first-order valence-electron chi connectivity index (χ1n) is 8.35. The molecule has 1 saturated heterocycles. The number of carbonyl (C=O) groups excluding carboxylic acids is 3. The van der Waals surface area contributed by atoms with E-state index in [1.807, 2.05) is 0 Å². The smallest absolute Gasteiger partial charge is 0.265 e. The van der Waals surface area contributed by atoms with Gasteiger partial charge in [-0.15, -0.1) is 0 Å². The second-order valence-corrected chi connectivity index (χ2v) is 6.41. The first kappa shape index (κ1) is 19.7. The number of amides is 3. The number of methoxy groups -OCH3 is 2. The summed E-state index contributed by atoms with van der Waals surface area (Å²) in [4.78, 5) is 38.4. The minimum Gasteiger partial charge on any atom is -0.497 e. The molecule has 2 N–H and O–H groups in total. The van der Waals surface area contributed by atoms with Crippen molar-refractivity contribution in [2.75, 3.05) is 19.1 Å². The summed E-state index contributed by atoms with van der Waals surface area (Å²) < 4.78 is 10.4. The van der Waals surface area contributed by atoms with Gasteiger partial charge in [-0.05, 0) is 30.3 Å². The maximum absolute atomic E-state index is 12.8. The third-order valence-corrected chi connectivity index (χ3v) is 4.46. The van der Waals surface area contributed by atoms with Crippen LogP contribution in [0.5, 0.6) is 11.5 Å². The largest absolute Gasteiger partial charge is 0.497 e. The van der Waals surface area contributed by atoms with E-state index in [0.717, 1.165) is 4.90 Å². The zero-order chi connectivity index (χ0) is 20.3. The fourth-order valence-electron chi connectivity index (χ4n) is 2.82. The van der Waals surface area contributed by atoms with Gasteiger partial charge in [-0.25, -0.2) is 10.3 Å². The highest BCUT2D eigenvalue weighted by molar-refractivity contribution is 6.31. The van der Waals surface area contributed by atoms with Crippen LogP contribution >= 0.6 is 11.6 Å². The first-order chi connectivity index (χ1) is 13.4. The number of nitrogens with one attached hydrogen (secondary N) is 2. The predicted octanol–water partition coefficient (Wildman–Crippen LogP) is 1.92. The van der Waals surface area contributed by atoms with Crippen LogP contribution in [-0.4, -0.2) is 38.0 Å². The number of imide groups is 1. The number of hydrazine groups is 1. The van der Waals surface area contributed by atoms with Crippen LogP contribution in [0, 0.1) is 0 Å². The summed E-state index contributed by atoms with van der Waals surface area (Å²) in [7, 11) is 2.92. The van der Waals surface area contributed by atoms with Crippen LogP contribution in [0.3, 0.4) is 0 Å². The van der Waals surface area contributed by atoms with Gasteiger partial charge < -0.3 is 9.47 Å². The summed E-state index contributed by atoms with van der Waals surface area (Å²) in [5.41, 5.74) is 5.66. The molecule has 0 aromatic heterocycles. The van der Waals surface area contributed by atoms with Crippen LogP contribution in [0.25, 0.3) is 0 Å². The Morgan fingerprint density at radius 2 is 1.93 bits per heavy atom. The molecular formula is C19H18ClN3O5. The summed E-state index contributed by atoms with van der Waals surface area (Å²) in [5.74, 6) is -0.581. The molecule has 3 amide bonds. The zero-order valence-electron chi connectivity index (χ0n) is 15.2. The van der Waals surface area contributed by atoms with E-state index in [2.05, 4.69) is 10.9 Å². The molecule has 0 radical (unpaired) electrons. The molecule has 146 valence electrons. The maximum Gasteiger partial charge on any atom is 0.265 e. The van der Waals surface area contributed by atoms with Crippen LogP contribution in [0.2, 0.25) is 5.02 Å². The Morgan fingerprint density at radius 1 is 1.14 bits per heavy atom. The van der Waals surface area contributed by atoms with Gasteiger partial charge in [-0.1, -0.05) is 17.7 Å². The SMILES string of the molecule is COc1ccc(OC)c(N2C(=O)C[C@@H](NNC(=O)c3cccc(Cl)c3)C2=O)c1. The Morgan fingerprint density at radius 3 is 2.61 bits per heavy atom. The second kappa shape index (κ2) is 8.28. The van der Waals surface area contributed by atoms with E-state index >= 15 is 0 Å². The van der Waals surface area contributed by atoms with Crippen molar-refractivity contribution in [1.82, 2.24) is 10.9 Å². The highest BCUT2D eigenvalue weighted by atomic mass is 35.5. The molecule has 2 aromatic rings. The lowest BCUT2D eigenvalue weighted by atomic mass is 10.2. The molecule has 9 heteroatoms. The van der Waals surface area contributed by atoms with Gasteiger partial charge in [0.1, 0.15) is 17.5 Å². The Labute approximate surface area is 166 Å². The quantitative estimate of drug-likeness (QED) is 0.565. The lowest BCUT2D eigenvalue weighted by molar-refractivity contribution is -0.121. The van der Waals surface area contributed by atoms with E-state index in [0.29, 0.717) is 22.1 Å². The van der Waals surface area contributed by atoms with E-state index < -0.39 is 23.8 Å². The summed E-state index contributed by atoms with van der Waals surface area (Å²) in [6, 6.07) is 10.3. The summed E-state index contributed by atoms with van der Waals surface area (Å²) in [6.45, 7) is 0. The Bertz CT molecular complexity index is 934. The van der Waals surface area contributed by atoms with Gasteiger partial charge in [0.25, 0.3) is 11.8 Å². The van der Waals surface area contributed by atoms with Crippen molar-refractivity contribution in [3.05, 3.63) is 53.1 Å². The predicted molar refractivity (Wildman–Crippen MR) is 102 cm³/mol. The number of ether oxygens (including phenoxy) is 2. The van der Waals surface area contributed by atoms with Gasteiger partial charge in [0.15, 0.2) is 0 Å². The van der Waals surface area contributed by atoms with Gasteiger partial charge in [0.05, 0.1) is 26.3 Å². The average Bonchev–Trinajstić information content (AvgIpc) is 2.98. The van der Waals surface area contributed by atoms with E-state index in [4.69, 9.17) is 21.1 Å². The van der Waals surface area contributed by atoms with Crippen LogP contribution < -0.4 is 25.2 Å². The fourth-order valence-corrected chi connectivity index (χ4v) is 3.01. The van der Waals surface area contributed by atoms with Gasteiger partial charge in [-0.2, -0.15) is 0 Å². The molecule has 0 aliphatic carbocycles. The molecule has 0 unspecified atom stereocenters. The van der Waals surface area contributed by atoms with Crippen LogP contribution in [0.15, 0.2) is 42.5 Å². The molecule has 1 fully saturated rings. The number of benzene rings is 2. The molecule has 28 heavy (non-hydrogen) atoms. The van der Waals surface area contributed by atoms with Crippen molar-refractivity contribution in [1.29, 1.82) is 0 Å². The number of carbonyl (C=O) groups is 3. The average molecular weight is 404 g/mol. The highest BCUT2D eigenvalue weighted by Crippen LogP contribution is 2.35. The van der Waals surface area contributed by atoms with Crippen molar-refractivity contribution >= 4 is 35.0 Å². The monoisotopic (exact) mass is 403 g/mol. The Balaban J connectivity index is 1.74. The lowest BCUT2D eigenvalue weighted by Crippen LogP contribution is -2.48. The van der Waals surface area contributed by atoms with Crippen LogP contribution in [0.1, 0.15) is 16.8 Å². The lowest BCUT2D eigenvalue weighted by Gasteiger charge is -2.19. The molecule has 0 bridgehead atoms. The zero-order valence-corrected chi connectivity index (χ0v) is 15.9.